The Hall–Kier alpha value is -0.910. The van der Waals surface area contributed by atoms with Crippen LogP contribution in [0.4, 0.5) is 0 Å². The fourth-order valence-corrected chi connectivity index (χ4v) is 16.4. The van der Waals surface area contributed by atoms with Crippen molar-refractivity contribution in [1.82, 2.24) is 10.2 Å². The number of nitrogens with one attached hydrogen (secondary N) is 1. The molecule has 0 spiro atoms. The Morgan fingerprint density at radius 2 is 1.05 bits per heavy atom. The van der Waals surface area contributed by atoms with Crippen molar-refractivity contribution in [3.63, 3.8) is 0 Å². The molecule has 0 aromatic carbocycles. The highest BCUT2D eigenvalue weighted by Crippen LogP contribution is 2.71. The zero-order valence-electron chi connectivity index (χ0n) is 50.3. The lowest BCUT2D eigenvalue weighted by Gasteiger charge is -2.66. The topological polar surface area (TPSA) is 72.8 Å². The van der Waals surface area contributed by atoms with Crippen LogP contribution in [0.1, 0.15) is 331 Å². The summed E-state index contributed by atoms with van der Waals surface area (Å²) in [6.45, 7) is 21.3. The van der Waals surface area contributed by atoms with Gasteiger partial charge in [-0.05, 0) is 168 Å². The molecule has 2 unspecified atom stereocenters. The van der Waals surface area contributed by atoms with Crippen molar-refractivity contribution in [2.24, 2.45) is 45.8 Å². The normalized spacial score (nSPS) is 28.5. The summed E-state index contributed by atoms with van der Waals surface area (Å²) in [5.41, 5.74) is 1.99. The minimum absolute atomic E-state index is 0.0539. The smallest absolute Gasteiger partial charge is 0.220 e. The Kier molecular flexibility index (Phi) is 32.8. The fourth-order valence-electron chi connectivity index (χ4n) is 16.4. The number of rotatable bonds is 44. The molecule has 0 heterocycles. The number of allylic oxidation sites excluding steroid dienone is 1. The van der Waals surface area contributed by atoms with Crippen LogP contribution in [0.25, 0.3) is 0 Å². The zero-order chi connectivity index (χ0) is 52.6. The van der Waals surface area contributed by atoms with Gasteiger partial charge in [0.2, 0.25) is 5.91 Å². The second-order valence-corrected chi connectivity index (χ2v) is 26.8. The minimum Gasteiger partial charge on any atom is -0.393 e. The van der Waals surface area contributed by atoms with Crippen molar-refractivity contribution in [3.05, 3.63) is 11.6 Å². The van der Waals surface area contributed by atoms with Crippen LogP contribution in [0.15, 0.2) is 11.6 Å². The average Bonchev–Trinajstić information content (AvgIpc) is 3.74. The van der Waals surface area contributed by atoms with E-state index in [2.05, 4.69) is 64.8 Å². The molecule has 10 atom stereocenters. The third-order valence-electron chi connectivity index (χ3n) is 21.4. The summed E-state index contributed by atoms with van der Waals surface area (Å²) >= 11 is 0. The molecule has 3 N–H and O–H groups in total. The van der Waals surface area contributed by atoms with Crippen molar-refractivity contribution in [2.75, 3.05) is 26.2 Å². The van der Waals surface area contributed by atoms with Gasteiger partial charge in [0.15, 0.2) is 0 Å². The Morgan fingerprint density at radius 1 is 0.575 bits per heavy atom. The number of hydrogen-bond donors (Lipinski definition) is 3. The van der Waals surface area contributed by atoms with Gasteiger partial charge in [-0.25, -0.2) is 0 Å². The molecule has 0 aromatic heterocycles. The quantitative estimate of drug-likeness (QED) is 0.0420. The van der Waals surface area contributed by atoms with E-state index in [0.717, 1.165) is 45.1 Å². The lowest BCUT2D eigenvalue weighted by atomic mass is 9.39. The molecule has 4 aliphatic carbocycles. The fraction of sp³-hybridized carbons (Fsp3) is 0.956. The van der Waals surface area contributed by atoms with Crippen molar-refractivity contribution >= 4 is 5.91 Å². The van der Waals surface area contributed by atoms with Crippen molar-refractivity contribution < 1.29 is 15.0 Å². The van der Waals surface area contributed by atoms with Gasteiger partial charge in [0.1, 0.15) is 0 Å². The molecule has 0 aliphatic heterocycles. The number of hydrogen-bond acceptors (Lipinski definition) is 4. The zero-order valence-corrected chi connectivity index (χ0v) is 50.3. The molecule has 0 saturated heterocycles. The van der Waals surface area contributed by atoms with Gasteiger partial charge < -0.3 is 20.4 Å². The molecular formula is C68H128N2O3. The molecule has 0 radical (unpaired) electrons. The van der Waals surface area contributed by atoms with Crippen LogP contribution in [0.5, 0.6) is 0 Å². The molecular weight excluding hydrogens is 893 g/mol. The van der Waals surface area contributed by atoms with E-state index in [-0.39, 0.29) is 34.4 Å². The summed E-state index contributed by atoms with van der Waals surface area (Å²) in [5, 5.41) is 26.2. The Labute approximate surface area is 456 Å². The number of carbonyl (C=O) groups excluding carboxylic acids is 1. The lowest BCUT2D eigenvalue weighted by molar-refractivity contribution is -0.201. The van der Waals surface area contributed by atoms with Gasteiger partial charge in [0.05, 0.1) is 12.2 Å². The van der Waals surface area contributed by atoms with Gasteiger partial charge in [-0.3, -0.25) is 4.79 Å². The van der Waals surface area contributed by atoms with E-state index in [1.54, 1.807) is 5.57 Å². The van der Waals surface area contributed by atoms with Gasteiger partial charge in [-0.2, -0.15) is 0 Å². The summed E-state index contributed by atoms with van der Waals surface area (Å²) < 4.78 is 0. The predicted octanol–water partition coefficient (Wildman–Crippen LogP) is 19.5. The van der Waals surface area contributed by atoms with E-state index in [4.69, 9.17) is 0 Å². The summed E-state index contributed by atoms with van der Waals surface area (Å²) in [4.78, 5) is 16.3. The number of carbonyl (C=O) groups is 1. The van der Waals surface area contributed by atoms with Crippen molar-refractivity contribution in [1.29, 1.82) is 0 Å². The first-order valence-corrected chi connectivity index (χ1v) is 33.5. The first-order chi connectivity index (χ1) is 35.4. The van der Waals surface area contributed by atoms with Crippen LogP contribution in [0, 0.1) is 45.8 Å². The maximum absolute atomic E-state index is 13.5. The van der Waals surface area contributed by atoms with E-state index in [1.165, 1.54) is 257 Å². The number of fused-ring (bicyclic) bond motifs is 5. The molecule has 4 fully saturated rings. The molecule has 0 aromatic rings. The highest BCUT2D eigenvalue weighted by atomic mass is 16.3. The number of nitrogens with zero attached hydrogens (tertiary/aromatic N) is 1. The Bertz CT molecular complexity index is 1410. The summed E-state index contributed by atoms with van der Waals surface area (Å²) in [6.07, 6.45) is 59.1. The molecule has 5 nitrogen and oxygen atoms in total. The van der Waals surface area contributed by atoms with E-state index in [9.17, 15) is 15.0 Å². The molecule has 0 bridgehead atoms. The second-order valence-electron chi connectivity index (χ2n) is 26.8. The van der Waals surface area contributed by atoms with Crippen molar-refractivity contribution in [2.45, 2.75) is 343 Å². The molecule has 1 amide bonds. The predicted molar refractivity (Wildman–Crippen MR) is 317 cm³/mol. The van der Waals surface area contributed by atoms with Crippen LogP contribution in [0.2, 0.25) is 0 Å². The van der Waals surface area contributed by atoms with Crippen LogP contribution >= 0.6 is 0 Å². The van der Waals surface area contributed by atoms with Gasteiger partial charge in [-0.1, -0.05) is 233 Å². The van der Waals surface area contributed by atoms with Crippen LogP contribution in [-0.4, -0.2) is 59.4 Å². The lowest BCUT2D eigenvalue weighted by Crippen LogP contribution is -2.61. The molecule has 428 valence electrons. The van der Waals surface area contributed by atoms with Crippen LogP contribution in [-0.2, 0) is 4.79 Å². The number of unbranched alkanes of at least 4 members (excludes halogenated alkanes) is 27. The molecule has 4 rings (SSSR count). The SMILES string of the molecule is CCCCCCCCCCCC/C(=C\CCNC(=O)CC[C@@H](C)[C@H]1CCC2[C@@H]3CC[C@]4(C)C[C@H](O)CC[C@]4(C)C3C[C@H](O)[C@@]21C)CCCN(CCCCCCCCCCCC)CCCCCCCCCCCC. The van der Waals surface area contributed by atoms with Gasteiger partial charge >= 0.3 is 0 Å². The first kappa shape index (κ1) is 64.6. The molecule has 4 aliphatic rings. The van der Waals surface area contributed by atoms with E-state index in [0.29, 0.717) is 36.0 Å². The summed E-state index contributed by atoms with van der Waals surface area (Å²) in [5.74, 6) is 2.96. The largest absolute Gasteiger partial charge is 0.393 e. The first-order valence-electron chi connectivity index (χ1n) is 33.5. The molecule has 4 saturated carbocycles. The molecule has 73 heavy (non-hydrogen) atoms. The Morgan fingerprint density at radius 3 is 1.59 bits per heavy atom. The van der Waals surface area contributed by atoms with Crippen LogP contribution in [0.3, 0.4) is 0 Å². The summed E-state index contributed by atoms with van der Waals surface area (Å²) in [7, 11) is 0. The van der Waals surface area contributed by atoms with Gasteiger partial charge in [0.25, 0.3) is 0 Å². The third-order valence-corrected chi connectivity index (χ3v) is 21.4. The number of aliphatic hydroxyl groups excluding tert-OH is 2. The van der Waals surface area contributed by atoms with Crippen LogP contribution < -0.4 is 5.32 Å². The Balaban J connectivity index is 1.24. The van der Waals surface area contributed by atoms with Gasteiger partial charge in [0, 0.05) is 13.0 Å². The minimum atomic E-state index is -0.271. The summed E-state index contributed by atoms with van der Waals surface area (Å²) in [6, 6.07) is 0. The average molecular weight is 1020 g/mol. The second kappa shape index (κ2) is 37.0. The third kappa shape index (κ3) is 22.0. The van der Waals surface area contributed by atoms with E-state index in [1.807, 2.05) is 0 Å². The monoisotopic (exact) mass is 1020 g/mol. The van der Waals surface area contributed by atoms with E-state index >= 15 is 0 Å². The number of amides is 1. The standard InChI is InChI=1S/C68H128N2O3/c1-8-11-14-17-20-23-26-29-32-35-40-58(42-39-54-70(52-36-33-30-27-24-21-18-15-12-9-2)53-37-34-31-28-25-22-19-16-13-10-3)41-38-51-69-65(73)46-43-57(4)61-44-45-62-60-48-49-66(5)56-59(71)47-50-67(66,6)63(60)55-64(72)68(61,62)7/h41,57,59-64,71-72H,8-40,42-56H2,1-7H3,(H,69,73)/b58-41+/t57-,59-,60+,61-,62?,63?,64+,66-,67-,68-/m1/s1. The highest BCUT2D eigenvalue weighted by Gasteiger charge is 2.66. The van der Waals surface area contributed by atoms with Crippen molar-refractivity contribution in [3.8, 4) is 0 Å². The number of aliphatic hydroxyl groups is 2. The van der Waals surface area contributed by atoms with E-state index < -0.39 is 0 Å². The maximum atomic E-state index is 13.5. The highest BCUT2D eigenvalue weighted by molar-refractivity contribution is 5.75. The molecule has 5 heteroatoms. The maximum Gasteiger partial charge on any atom is 0.220 e. The van der Waals surface area contributed by atoms with Gasteiger partial charge in [-0.15, -0.1) is 0 Å².